The number of anilines is 1. The molecule has 1 aromatic heterocycles. The van der Waals surface area contributed by atoms with E-state index in [2.05, 4.69) is 34.6 Å². The van der Waals surface area contributed by atoms with E-state index >= 15 is 0 Å². The molecule has 0 aliphatic heterocycles. The highest BCUT2D eigenvalue weighted by atomic mass is 32.1. The number of carbonyl (C=O) groups is 1. The fourth-order valence-corrected chi connectivity index (χ4v) is 4.45. The number of nitrogens with one attached hydrogen (secondary N) is 1. The second-order valence-corrected chi connectivity index (χ2v) is 8.01. The third kappa shape index (κ3) is 4.17. The number of nitrogens with zero attached hydrogens (tertiary/aromatic N) is 1. The van der Waals surface area contributed by atoms with Crippen molar-refractivity contribution < 1.29 is 9.53 Å². The Bertz CT molecular complexity index is 1010. The fourth-order valence-electron chi connectivity index (χ4n) is 3.68. The summed E-state index contributed by atoms with van der Waals surface area (Å²) in [6.45, 7) is 2.77. The van der Waals surface area contributed by atoms with E-state index in [1.165, 1.54) is 33.6 Å². The van der Waals surface area contributed by atoms with E-state index in [4.69, 9.17) is 10.5 Å². The highest BCUT2D eigenvalue weighted by Gasteiger charge is 2.28. The highest BCUT2D eigenvalue weighted by Crippen LogP contribution is 2.44. The van der Waals surface area contributed by atoms with Crippen molar-refractivity contribution in [1.29, 1.82) is 0 Å². The molecule has 3 N–H and O–H groups in total. The third-order valence-electron chi connectivity index (χ3n) is 5.04. The topological polar surface area (TPSA) is 77.2 Å². The van der Waals surface area contributed by atoms with E-state index < -0.39 is 6.09 Å². The molecule has 1 heterocycles. The second-order valence-electron chi connectivity index (χ2n) is 6.95. The molecule has 0 saturated carbocycles. The largest absolute Gasteiger partial charge is 0.449 e. The van der Waals surface area contributed by atoms with Gasteiger partial charge in [0, 0.05) is 12.5 Å². The fraction of sp³-hybridized carbons (Fsp3) is 0.217. The molecule has 29 heavy (non-hydrogen) atoms. The number of nitrogen functional groups attached to an aromatic ring is 1. The van der Waals surface area contributed by atoms with Crippen LogP contribution in [0.5, 0.6) is 0 Å². The van der Waals surface area contributed by atoms with Gasteiger partial charge in [0.15, 0.2) is 5.13 Å². The molecule has 6 heteroatoms. The molecule has 148 valence electrons. The van der Waals surface area contributed by atoms with Gasteiger partial charge < -0.3 is 15.8 Å². The second kappa shape index (κ2) is 8.49. The lowest BCUT2D eigenvalue weighted by Crippen LogP contribution is -2.26. The van der Waals surface area contributed by atoms with Crippen LogP contribution in [-0.2, 0) is 4.74 Å². The van der Waals surface area contributed by atoms with Crippen molar-refractivity contribution in [3.63, 3.8) is 0 Å². The zero-order valence-corrected chi connectivity index (χ0v) is 17.0. The summed E-state index contributed by atoms with van der Waals surface area (Å²) in [6, 6.07) is 16.6. The molecule has 0 fully saturated rings. The van der Waals surface area contributed by atoms with Gasteiger partial charge in [-0.15, -0.1) is 0 Å². The summed E-state index contributed by atoms with van der Waals surface area (Å²) in [4.78, 5) is 17.4. The van der Waals surface area contributed by atoms with Gasteiger partial charge in [-0.1, -0.05) is 65.9 Å². The van der Waals surface area contributed by atoms with Crippen LogP contribution in [-0.4, -0.2) is 24.2 Å². The van der Waals surface area contributed by atoms with Crippen molar-refractivity contribution >= 4 is 28.6 Å². The first-order valence-electron chi connectivity index (χ1n) is 9.62. The zero-order chi connectivity index (χ0) is 20.2. The first kappa shape index (κ1) is 19.2. The van der Waals surface area contributed by atoms with E-state index in [0.717, 1.165) is 10.6 Å². The van der Waals surface area contributed by atoms with E-state index in [9.17, 15) is 4.79 Å². The number of rotatable bonds is 6. The standard InChI is InChI=1S/C23H23N3O2S/c1-15-21(29-22(24)26-15)12-6-7-13-25-23(27)28-14-20-18-10-4-2-8-16(18)17-9-3-5-11-19(17)20/h2-6,8-12,20H,7,13-14H2,1H3,(H2,24,26)(H,25,27). The number of thiazole rings is 1. The zero-order valence-electron chi connectivity index (χ0n) is 16.2. The van der Waals surface area contributed by atoms with Crippen LogP contribution in [0.4, 0.5) is 9.93 Å². The van der Waals surface area contributed by atoms with E-state index in [1.54, 1.807) is 0 Å². The summed E-state index contributed by atoms with van der Waals surface area (Å²) in [6.07, 6.45) is 4.31. The van der Waals surface area contributed by atoms with Crippen LogP contribution in [0.3, 0.4) is 0 Å². The number of amides is 1. The van der Waals surface area contributed by atoms with Crippen LogP contribution in [0.15, 0.2) is 54.6 Å². The number of hydrogen-bond donors (Lipinski definition) is 2. The normalized spacial score (nSPS) is 12.7. The third-order valence-corrected chi connectivity index (χ3v) is 5.99. The van der Waals surface area contributed by atoms with Crippen molar-refractivity contribution in [3.05, 3.63) is 76.3 Å². The van der Waals surface area contributed by atoms with Crippen LogP contribution < -0.4 is 11.1 Å². The van der Waals surface area contributed by atoms with E-state index in [1.807, 2.05) is 43.3 Å². The van der Waals surface area contributed by atoms with Gasteiger partial charge in [0.25, 0.3) is 0 Å². The Hall–Kier alpha value is -3.12. The first-order valence-corrected chi connectivity index (χ1v) is 10.4. The number of ether oxygens (including phenoxy) is 1. The van der Waals surface area contributed by atoms with Gasteiger partial charge in [-0.05, 0) is 41.7 Å². The average molecular weight is 406 g/mol. The Morgan fingerprint density at radius 2 is 1.83 bits per heavy atom. The molecule has 1 aliphatic carbocycles. The molecule has 0 bridgehead atoms. The van der Waals surface area contributed by atoms with Gasteiger partial charge in [0.2, 0.25) is 0 Å². The minimum Gasteiger partial charge on any atom is -0.449 e. The Balaban J connectivity index is 1.28. The molecule has 0 unspecified atom stereocenters. The molecule has 0 radical (unpaired) electrons. The molecule has 3 aromatic rings. The lowest BCUT2D eigenvalue weighted by atomic mass is 9.98. The quantitative estimate of drug-likeness (QED) is 0.567. The molecule has 5 nitrogen and oxygen atoms in total. The Morgan fingerprint density at radius 1 is 1.17 bits per heavy atom. The van der Waals surface area contributed by atoms with Gasteiger partial charge in [0.05, 0.1) is 10.6 Å². The van der Waals surface area contributed by atoms with Crippen molar-refractivity contribution in [2.75, 3.05) is 18.9 Å². The van der Waals surface area contributed by atoms with Gasteiger partial charge in [-0.3, -0.25) is 0 Å². The molecule has 0 saturated heterocycles. The van der Waals surface area contributed by atoms with Crippen LogP contribution in [0.25, 0.3) is 17.2 Å². The summed E-state index contributed by atoms with van der Waals surface area (Å²) in [5.41, 5.74) is 11.5. The lowest BCUT2D eigenvalue weighted by Gasteiger charge is -2.14. The monoisotopic (exact) mass is 405 g/mol. The summed E-state index contributed by atoms with van der Waals surface area (Å²) >= 11 is 1.46. The number of aromatic nitrogens is 1. The van der Waals surface area contributed by atoms with Gasteiger partial charge >= 0.3 is 6.09 Å². The summed E-state index contributed by atoms with van der Waals surface area (Å²) in [5.74, 6) is 0.0767. The Kier molecular flexibility index (Phi) is 5.62. The molecule has 4 rings (SSSR count). The molecule has 0 spiro atoms. The van der Waals surface area contributed by atoms with Crippen molar-refractivity contribution in [2.45, 2.75) is 19.3 Å². The highest BCUT2D eigenvalue weighted by molar-refractivity contribution is 7.16. The van der Waals surface area contributed by atoms with E-state index in [-0.39, 0.29) is 5.92 Å². The maximum Gasteiger partial charge on any atom is 0.407 e. The Morgan fingerprint density at radius 3 is 2.45 bits per heavy atom. The van der Waals surface area contributed by atoms with Gasteiger partial charge in [-0.2, -0.15) is 0 Å². The molecule has 0 atom stereocenters. The maximum absolute atomic E-state index is 12.1. The number of nitrogens with two attached hydrogens (primary N) is 1. The van der Waals surface area contributed by atoms with Crippen molar-refractivity contribution in [2.24, 2.45) is 0 Å². The Labute approximate surface area is 174 Å². The predicted molar refractivity (Wildman–Crippen MR) is 118 cm³/mol. The van der Waals surface area contributed by atoms with E-state index in [0.29, 0.717) is 24.7 Å². The first-order chi connectivity index (χ1) is 14.1. The molecule has 2 aromatic carbocycles. The predicted octanol–water partition coefficient (Wildman–Crippen LogP) is 4.98. The number of benzene rings is 2. The number of fused-ring (bicyclic) bond motifs is 3. The summed E-state index contributed by atoms with van der Waals surface area (Å²) < 4.78 is 5.53. The summed E-state index contributed by atoms with van der Waals surface area (Å²) in [5, 5.41) is 3.38. The van der Waals surface area contributed by atoms with Crippen molar-refractivity contribution in [1.82, 2.24) is 10.3 Å². The van der Waals surface area contributed by atoms with Crippen LogP contribution in [0.2, 0.25) is 0 Å². The van der Waals surface area contributed by atoms with Crippen LogP contribution in [0.1, 0.15) is 34.0 Å². The molecule has 1 aliphatic rings. The van der Waals surface area contributed by atoms with Gasteiger partial charge in [-0.25, -0.2) is 9.78 Å². The maximum atomic E-state index is 12.1. The average Bonchev–Trinajstić information content (AvgIpc) is 3.22. The number of alkyl carbamates (subject to hydrolysis) is 1. The van der Waals surface area contributed by atoms with Crippen LogP contribution >= 0.6 is 11.3 Å². The molecular formula is C23H23N3O2S. The summed E-state index contributed by atoms with van der Waals surface area (Å²) in [7, 11) is 0. The molecule has 1 amide bonds. The van der Waals surface area contributed by atoms with Gasteiger partial charge in [0.1, 0.15) is 6.61 Å². The van der Waals surface area contributed by atoms with Crippen molar-refractivity contribution in [3.8, 4) is 11.1 Å². The SMILES string of the molecule is Cc1nc(N)sc1C=CCCNC(=O)OCC1c2ccccc2-c2ccccc21. The van der Waals surface area contributed by atoms with Crippen LogP contribution in [0, 0.1) is 6.92 Å². The minimum atomic E-state index is -0.390. The smallest absolute Gasteiger partial charge is 0.407 e. The lowest BCUT2D eigenvalue weighted by molar-refractivity contribution is 0.143. The number of aryl methyl sites for hydroxylation is 1. The number of hydrogen-bond acceptors (Lipinski definition) is 5. The molecular weight excluding hydrogens is 382 g/mol. The number of carbonyl (C=O) groups excluding carboxylic acids is 1. The minimum absolute atomic E-state index is 0.0767.